The molecule has 1 aromatic heterocycles. The fraction of sp³-hybridized carbons (Fsp3) is 0.474. The molecule has 0 radical (unpaired) electrons. The highest BCUT2D eigenvalue weighted by atomic mass is 127. The van der Waals surface area contributed by atoms with Crippen molar-refractivity contribution in [2.24, 2.45) is 12.0 Å². The van der Waals surface area contributed by atoms with Gasteiger partial charge in [-0.05, 0) is 43.0 Å². The number of aromatic nitrogens is 2. The second-order valence-corrected chi connectivity index (χ2v) is 6.03. The first-order valence-electron chi connectivity index (χ1n) is 8.77. The van der Waals surface area contributed by atoms with Crippen LogP contribution in [-0.4, -0.2) is 35.9 Å². The van der Waals surface area contributed by atoms with E-state index >= 15 is 0 Å². The van der Waals surface area contributed by atoms with Crippen molar-refractivity contribution in [2.75, 3.05) is 20.2 Å². The average molecular weight is 471 g/mol. The standard InChI is InChI=1S/C19H29N5O.HI/c1-5-20-19(22-14-17-11-13-23-24(17)3)21-12-10-15(2)16-6-8-18(25-4)9-7-16;/h6-9,11,13,15H,5,10,12,14H2,1-4H3,(H2,20,21,22);1H. The Labute approximate surface area is 173 Å². The third-order valence-electron chi connectivity index (χ3n) is 4.22. The first-order chi connectivity index (χ1) is 12.1. The fourth-order valence-corrected chi connectivity index (χ4v) is 2.56. The molecule has 0 amide bonds. The Kier molecular flexibility index (Phi) is 10.1. The third kappa shape index (κ3) is 6.86. The van der Waals surface area contributed by atoms with E-state index in [0.29, 0.717) is 12.5 Å². The molecule has 26 heavy (non-hydrogen) atoms. The number of methoxy groups -OCH3 is 1. The molecule has 6 nitrogen and oxygen atoms in total. The second-order valence-electron chi connectivity index (χ2n) is 6.03. The lowest BCUT2D eigenvalue weighted by molar-refractivity contribution is 0.414. The summed E-state index contributed by atoms with van der Waals surface area (Å²) in [7, 11) is 3.62. The van der Waals surface area contributed by atoms with Crippen molar-refractivity contribution < 1.29 is 4.74 Å². The largest absolute Gasteiger partial charge is 0.497 e. The lowest BCUT2D eigenvalue weighted by Gasteiger charge is -2.15. The molecule has 0 bridgehead atoms. The molecular weight excluding hydrogens is 441 g/mol. The van der Waals surface area contributed by atoms with E-state index in [-0.39, 0.29) is 24.0 Å². The third-order valence-corrected chi connectivity index (χ3v) is 4.22. The summed E-state index contributed by atoms with van der Waals surface area (Å²) in [6.45, 7) is 6.62. The van der Waals surface area contributed by atoms with Crippen LogP contribution in [0.2, 0.25) is 0 Å². The van der Waals surface area contributed by atoms with Gasteiger partial charge in [0, 0.05) is 26.3 Å². The number of rotatable bonds is 8. The van der Waals surface area contributed by atoms with Gasteiger partial charge >= 0.3 is 0 Å². The van der Waals surface area contributed by atoms with Crippen molar-refractivity contribution in [3.63, 3.8) is 0 Å². The SMILES string of the molecule is CCNC(=NCc1ccnn1C)NCCC(C)c1ccc(OC)cc1.I. The zero-order chi connectivity index (χ0) is 18.1. The Balaban J connectivity index is 0.00000338. The molecule has 0 saturated heterocycles. The van der Waals surface area contributed by atoms with Crippen molar-refractivity contribution in [1.29, 1.82) is 0 Å². The van der Waals surface area contributed by atoms with Gasteiger partial charge in [-0.2, -0.15) is 5.10 Å². The number of nitrogens with one attached hydrogen (secondary N) is 2. The number of halogens is 1. The van der Waals surface area contributed by atoms with Crippen molar-refractivity contribution in [2.45, 2.75) is 32.7 Å². The summed E-state index contributed by atoms with van der Waals surface area (Å²) in [6, 6.07) is 10.3. The number of benzene rings is 1. The Bertz CT molecular complexity index is 669. The fourth-order valence-electron chi connectivity index (χ4n) is 2.56. The summed E-state index contributed by atoms with van der Waals surface area (Å²) in [6.07, 6.45) is 2.82. The maximum atomic E-state index is 5.21. The molecule has 144 valence electrons. The predicted molar refractivity (Wildman–Crippen MR) is 117 cm³/mol. The van der Waals surface area contributed by atoms with Gasteiger partial charge in [0.15, 0.2) is 5.96 Å². The molecule has 0 aliphatic heterocycles. The average Bonchev–Trinajstić information content (AvgIpc) is 3.04. The minimum absolute atomic E-state index is 0. The van der Waals surface area contributed by atoms with E-state index in [2.05, 4.69) is 46.7 Å². The zero-order valence-corrected chi connectivity index (χ0v) is 18.4. The quantitative estimate of drug-likeness (QED) is 0.353. The number of ether oxygens (including phenoxy) is 1. The van der Waals surface area contributed by atoms with Gasteiger partial charge in [0.25, 0.3) is 0 Å². The van der Waals surface area contributed by atoms with Gasteiger partial charge < -0.3 is 15.4 Å². The van der Waals surface area contributed by atoms with Crippen LogP contribution in [-0.2, 0) is 13.6 Å². The molecule has 1 aromatic carbocycles. The van der Waals surface area contributed by atoms with Gasteiger partial charge in [-0.15, -0.1) is 24.0 Å². The molecule has 2 rings (SSSR count). The van der Waals surface area contributed by atoms with Crippen LogP contribution >= 0.6 is 24.0 Å². The summed E-state index contributed by atoms with van der Waals surface area (Å²) >= 11 is 0. The number of aryl methyl sites for hydroxylation is 1. The van der Waals surface area contributed by atoms with Crippen LogP contribution in [0, 0.1) is 0 Å². The van der Waals surface area contributed by atoms with E-state index in [9.17, 15) is 0 Å². The molecule has 0 aliphatic carbocycles. The van der Waals surface area contributed by atoms with Gasteiger partial charge in [0.2, 0.25) is 0 Å². The summed E-state index contributed by atoms with van der Waals surface area (Å²) in [4.78, 5) is 4.63. The van der Waals surface area contributed by atoms with E-state index in [1.54, 1.807) is 13.3 Å². The van der Waals surface area contributed by atoms with Gasteiger partial charge in [-0.1, -0.05) is 19.1 Å². The highest BCUT2D eigenvalue weighted by molar-refractivity contribution is 14.0. The van der Waals surface area contributed by atoms with Gasteiger partial charge in [0.1, 0.15) is 5.75 Å². The van der Waals surface area contributed by atoms with Gasteiger partial charge in [-0.25, -0.2) is 4.99 Å². The molecule has 7 heteroatoms. The van der Waals surface area contributed by atoms with Crippen LogP contribution in [0.1, 0.15) is 37.4 Å². The van der Waals surface area contributed by atoms with Crippen LogP contribution < -0.4 is 15.4 Å². The van der Waals surface area contributed by atoms with E-state index in [1.807, 2.05) is 29.9 Å². The zero-order valence-electron chi connectivity index (χ0n) is 16.0. The second kappa shape index (κ2) is 11.8. The minimum atomic E-state index is 0. The van der Waals surface area contributed by atoms with E-state index in [4.69, 9.17) is 4.74 Å². The van der Waals surface area contributed by atoms with Crippen LogP contribution in [0.5, 0.6) is 5.75 Å². The number of nitrogens with zero attached hydrogens (tertiary/aromatic N) is 3. The highest BCUT2D eigenvalue weighted by Crippen LogP contribution is 2.21. The normalized spacial score (nSPS) is 12.2. The van der Waals surface area contributed by atoms with E-state index < -0.39 is 0 Å². The monoisotopic (exact) mass is 471 g/mol. The van der Waals surface area contributed by atoms with Gasteiger partial charge in [0.05, 0.1) is 19.3 Å². The number of aliphatic imine (C=N–C) groups is 1. The molecular formula is C19H30IN5O. The summed E-state index contributed by atoms with van der Waals surface area (Å²) in [5.41, 5.74) is 2.41. The van der Waals surface area contributed by atoms with Crippen molar-refractivity contribution in [3.8, 4) is 5.75 Å². The molecule has 0 saturated carbocycles. The van der Waals surface area contributed by atoms with Crippen LogP contribution in [0.4, 0.5) is 0 Å². The van der Waals surface area contributed by atoms with E-state index in [1.165, 1.54) is 5.56 Å². The predicted octanol–water partition coefficient (Wildman–Crippen LogP) is 3.30. The maximum absolute atomic E-state index is 5.21. The summed E-state index contributed by atoms with van der Waals surface area (Å²) in [5.74, 6) is 2.20. The summed E-state index contributed by atoms with van der Waals surface area (Å²) in [5, 5.41) is 10.9. The topological polar surface area (TPSA) is 63.5 Å². The number of hydrogen-bond donors (Lipinski definition) is 2. The molecule has 0 fully saturated rings. The number of hydrogen-bond acceptors (Lipinski definition) is 3. The minimum Gasteiger partial charge on any atom is -0.497 e. The molecule has 2 aromatic rings. The van der Waals surface area contributed by atoms with Crippen LogP contribution in [0.15, 0.2) is 41.5 Å². The lowest BCUT2D eigenvalue weighted by atomic mass is 9.98. The van der Waals surface area contributed by atoms with Crippen molar-refractivity contribution in [3.05, 3.63) is 47.8 Å². The van der Waals surface area contributed by atoms with Crippen LogP contribution in [0.3, 0.4) is 0 Å². The van der Waals surface area contributed by atoms with E-state index in [0.717, 1.165) is 36.9 Å². The molecule has 1 atom stereocenters. The van der Waals surface area contributed by atoms with Crippen molar-refractivity contribution >= 4 is 29.9 Å². The molecule has 1 unspecified atom stereocenters. The lowest BCUT2D eigenvalue weighted by Crippen LogP contribution is -2.38. The Morgan fingerprint density at radius 3 is 2.54 bits per heavy atom. The molecule has 1 heterocycles. The molecule has 0 aliphatic rings. The van der Waals surface area contributed by atoms with Crippen molar-refractivity contribution in [1.82, 2.24) is 20.4 Å². The highest BCUT2D eigenvalue weighted by Gasteiger charge is 2.06. The maximum Gasteiger partial charge on any atom is 0.191 e. The Morgan fingerprint density at radius 2 is 1.96 bits per heavy atom. The molecule has 0 spiro atoms. The van der Waals surface area contributed by atoms with Crippen LogP contribution in [0.25, 0.3) is 0 Å². The van der Waals surface area contributed by atoms with Gasteiger partial charge in [-0.3, -0.25) is 4.68 Å². The molecule has 2 N–H and O–H groups in total. The number of guanidine groups is 1. The summed E-state index contributed by atoms with van der Waals surface area (Å²) < 4.78 is 7.06. The first-order valence-corrected chi connectivity index (χ1v) is 8.77. The Hall–Kier alpha value is -1.77. The first kappa shape index (κ1) is 22.3. The Morgan fingerprint density at radius 1 is 1.23 bits per heavy atom. The smallest absolute Gasteiger partial charge is 0.191 e.